The van der Waals surface area contributed by atoms with E-state index in [2.05, 4.69) is 58.7 Å². The van der Waals surface area contributed by atoms with Crippen molar-refractivity contribution in [2.75, 3.05) is 26.2 Å². The summed E-state index contributed by atoms with van der Waals surface area (Å²) in [6.45, 7) is 20.8. The molecule has 2 atom stereocenters. The largest absolute Gasteiger partial charge is 0.316 e. The first-order valence-corrected chi connectivity index (χ1v) is 7.83. The van der Waals surface area contributed by atoms with Crippen LogP contribution in [-0.4, -0.2) is 37.1 Å². The molecule has 0 rings (SSSR count). The molecule has 0 radical (unpaired) electrons. The molecule has 0 aromatic carbocycles. The van der Waals surface area contributed by atoms with Crippen LogP contribution >= 0.6 is 0 Å². The van der Waals surface area contributed by atoms with E-state index < -0.39 is 0 Å². The monoisotopic (exact) mass is 256 g/mol. The maximum atomic E-state index is 3.64. The van der Waals surface area contributed by atoms with Gasteiger partial charge in [-0.1, -0.05) is 41.5 Å². The number of hydrogen-bond donors (Lipinski definition) is 1. The average molecular weight is 256 g/mol. The van der Waals surface area contributed by atoms with Gasteiger partial charge < -0.3 is 10.2 Å². The maximum absolute atomic E-state index is 3.64. The third kappa shape index (κ3) is 6.75. The van der Waals surface area contributed by atoms with Gasteiger partial charge in [0.1, 0.15) is 0 Å². The van der Waals surface area contributed by atoms with Crippen molar-refractivity contribution in [2.45, 2.75) is 67.3 Å². The van der Waals surface area contributed by atoms with Gasteiger partial charge in [0.25, 0.3) is 0 Å². The topological polar surface area (TPSA) is 15.3 Å². The SMILES string of the molecule is CCC(C)N(CC)CC(C)(CC)CNCC(C)C. The first-order valence-electron chi connectivity index (χ1n) is 7.83. The Morgan fingerprint density at radius 2 is 1.72 bits per heavy atom. The number of rotatable bonds is 10. The molecule has 0 aromatic heterocycles. The lowest BCUT2D eigenvalue weighted by Gasteiger charge is -2.37. The van der Waals surface area contributed by atoms with E-state index in [9.17, 15) is 0 Å². The molecule has 2 heteroatoms. The Morgan fingerprint density at radius 1 is 1.11 bits per heavy atom. The van der Waals surface area contributed by atoms with Gasteiger partial charge in [0.05, 0.1) is 0 Å². The van der Waals surface area contributed by atoms with Crippen LogP contribution in [0.2, 0.25) is 0 Å². The molecule has 2 nitrogen and oxygen atoms in total. The molecule has 0 aliphatic carbocycles. The summed E-state index contributed by atoms with van der Waals surface area (Å²) in [5.74, 6) is 0.739. The molecule has 0 bridgehead atoms. The van der Waals surface area contributed by atoms with Gasteiger partial charge in [0, 0.05) is 19.1 Å². The molecule has 0 amide bonds. The fourth-order valence-corrected chi connectivity index (χ4v) is 2.28. The fourth-order valence-electron chi connectivity index (χ4n) is 2.28. The lowest BCUT2D eigenvalue weighted by molar-refractivity contribution is 0.123. The summed E-state index contributed by atoms with van der Waals surface area (Å²) in [7, 11) is 0. The molecule has 0 aromatic rings. The minimum absolute atomic E-state index is 0.397. The molecule has 0 spiro atoms. The van der Waals surface area contributed by atoms with Crippen LogP contribution in [0.1, 0.15) is 61.3 Å². The van der Waals surface area contributed by atoms with Gasteiger partial charge in [-0.25, -0.2) is 0 Å². The number of nitrogens with one attached hydrogen (secondary N) is 1. The highest BCUT2D eigenvalue weighted by atomic mass is 15.2. The summed E-state index contributed by atoms with van der Waals surface area (Å²) in [5.41, 5.74) is 0.397. The Kier molecular flexibility index (Phi) is 8.89. The Labute approximate surface area is 116 Å². The molecule has 2 unspecified atom stereocenters. The third-order valence-corrected chi connectivity index (χ3v) is 4.16. The van der Waals surface area contributed by atoms with Crippen LogP contribution in [0.5, 0.6) is 0 Å². The van der Waals surface area contributed by atoms with Crippen LogP contribution in [0.3, 0.4) is 0 Å². The van der Waals surface area contributed by atoms with Crippen LogP contribution in [0, 0.1) is 11.3 Å². The summed E-state index contributed by atoms with van der Waals surface area (Å²) in [6, 6.07) is 0.700. The first-order chi connectivity index (χ1) is 8.38. The Morgan fingerprint density at radius 3 is 2.11 bits per heavy atom. The average Bonchev–Trinajstić information content (AvgIpc) is 2.34. The zero-order valence-corrected chi connectivity index (χ0v) is 13.8. The Hall–Kier alpha value is -0.0800. The molecule has 0 saturated carbocycles. The van der Waals surface area contributed by atoms with Crippen molar-refractivity contribution in [1.29, 1.82) is 0 Å². The van der Waals surface area contributed by atoms with Crippen molar-refractivity contribution < 1.29 is 0 Å². The summed E-state index contributed by atoms with van der Waals surface area (Å²) in [4.78, 5) is 2.63. The second kappa shape index (κ2) is 8.92. The van der Waals surface area contributed by atoms with Crippen LogP contribution in [0.15, 0.2) is 0 Å². The van der Waals surface area contributed by atoms with Gasteiger partial charge in [-0.2, -0.15) is 0 Å². The molecular formula is C16H36N2. The second-order valence-electron chi connectivity index (χ2n) is 6.51. The number of nitrogens with zero attached hydrogens (tertiary/aromatic N) is 1. The van der Waals surface area contributed by atoms with Gasteiger partial charge >= 0.3 is 0 Å². The van der Waals surface area contributed by atoms with Crippen LogP contribution in [-0.2, 0) is 0 Å². The highest BCUT2D eigenvalue weighted by molar-refractivity contribution is 4.81. The van der Waals surface area contributed by atoms with Gasteiger partial charge in [-0.15, -0.1) is 0 Å². The van der Waals surface area contributed by atoms with E-state index in [4.69, 9.17) is 0 Å². The smallest absolute Gasteiger partial charge is 0.00644 e. The maximum Gasteiger partial charge on any atom is 0.00644 e. The molecule has 1 N–H and O–H groups in total. The second-order valence-corrected chi connectivity index (χ2v) is 6.51. The lowest BCUT2D eigenvalue weighted by Crippen LogP contribution is -2.45. The first kappa shape index (κ1) is 17.9. The van der Waals surface area contributed by atoms with Crippen molar-refractivity contribution >= 4 is 0 Å². The quantitative estimate of drug-likeness (QED) is 0.640. The Bertz CT molecular complexity index is 203. The van der Waals surface area contributed by atoms with E-state index in [1.807, 2.05) is 0 Å². The van der Waals surface area contributed by atoms with Crippen molar-refractivity contribution in [3.8, 4) is 0 Å². The predicted molar refractivity (Wildman–Crippen MR) is 83.1 cm³/mol. The normalized spacial score (nSPS) is 17.2. The molecule has 0 saturated heterocycles. The number of hydrogen-bond acceptors (Lipinski definition) is 2. The van der Waals surface area contributed by atoms with E-state index in [-0.39, 0.29) is 0 Å². The van der Waals surface area contributed by atoms with Crippen LogP contribution in [0.25, 0.3) is 0 Å². The third-order valence-electron chi connectivity index (χ3n) is 4.16. The molecule has 110 valence electrons. The molecule has 0 fully saturated rings. The minimum Gasteiger partial charge on any atom is -0.316 e. The predicted octanol–water partition coefficient (Wildman–Crippen LogP) is 3.77. The van der Waals surface area contributed by atoms with Crippen molar-refractivity contribution in [2.24, 2.45) is 11.3 Å². The molecule has 0 aliphatic rings. The molecule has 18 heavy (non-hydrogen) atoms. The van der Waals surface area contributed by atoms with E-state index in [0.717, 1.165) is 25.6 Å². The van der Waals surface area contributed by atoms with Gasteiger partial charge in [0.15, 0.2) is 0 Å². The summed E-state index contributed by atoms with van der Waals surface area (Å²) in [6.07, 6.45) is 2.48. The standard InChI is InChI=1S/C16H36N2/c1-8-15(6)18(10-3)13-16(7,9-2)12-17-11-14(4)5/h14-15,17H,8-13H2,1-7H3. The van der Waals surface area contributed by atoms with Crippen molar-refractivity contribution in [1.82, 2.24) is 10.2 Å². The summed E-state index contributed by atoms with van der Waals surface area (Å²) < 4.78 is 0. The summed E-state index contributed by atoms with van der Waals surface area (Å²) >= 11 is 0. The van der Waals surface area contributed by atoms with Crippen LogP contribution in [0.4, 0.5) is 0 Å². The fraction of sp³-hybridized carbons (Fsp3) is 1.00. The summed E-state index contributed by atoms with van der Waals surface area (Å²) in [5, 5.41) is 3.64. The van der Waals surface area contributed by atoms with Crippen molar-refractivity contribution in [3.63, 3.8) is 0 Å². The van der Waals surface area contributed by atoms with E-state index in [0.29, 0.717) is 11.5 Å². The van der Waals surface area contributed by atoms with Crippen LogP contribution < -0.4 is 5.32 Å². The van der Waals surface area contributed by atoms with E-state index in [1.54, 1.807) is 0 Å². The highest BCUT2D eigenvalue weighted by Gasteiger charge is 2.26. The molecule has 0 heterocycles. The van der Waals surface area contributed by atoms with Crippen molar-refractivity contribution in [3.05, 3.63) is 0 Å². The lowest BCUT2D eigenvalue weighted by atomic mass is 9.86. The zero-order valence-electron chi connectivity index (χ0n) is 13.8. The van der Waals surface area contributed by atoms with Gasteiger partial charge in [-0.05, 0) is 44.2 Å². The van der Waals surface area contributed by atoms with E-state index in [1.165, 1.54) is 19.4 Å². The molecule has 0 aliphatic heterocycles. The van der Waals surface area contributed by atoms with Gasteiger partial charge in [0.2, 0.25) is 0 Å². The zero-order chi connectivity index (χ0) is 14.2. The molecular weight excluding hydrogens is 220 g/mol. The highest BCUT2D eigenvalue weighted by Crippen LogP contribution is 2.23. The Balaban J connectivity index is 4.34. The van der Waals surface area contributed by atoms with E-state index >= 15 is 0 Å². The minimum atomic E-state index is 0.397. The van der Waals surface area contributed by atoms with Gasteiger partial charge in [-0.3, -0.25) is 0 Å².